The van der Waals surface area contributed by atoms with Gasteiger partial charge in [-0.05, 0) is 67.9 Å². The molecular weight excluding hydrogens is 359 g/mol. The van der Waals surface area contributed by atoms with Crippen LogP contribution in [0.15, 0.2) is 53.6 Å². The maximum atomic E-state index is 12.9. The van der Waals surface area contributed by atoms with Gasteiger partial charge in [-0.15, -0.1) is 0 Å². The first-order valence-corrected chi connectivity index (χ1v) is 8.73. The molecule has 0 unspecified atom stereocenters. The molecule has 0 spiro atoms. The van der Waals surface area contributed by atoms with E-state index >= 15 is 0 Å². The Morgan fingerprint density at radius 2 is 1.96 bits per heavy atom. The molecular formula is C21H21FN4O2. The number of hydrazone groups is 1. The van der Waals surface area contributed by atoms with Crippen LogP contribution in [-0.2, 0) is 6.54 Å². The summed E-state index contributed by atoms with van der Waals surface area (Å²) in [5.74, 6) is -0.0545. The summed E-state index contributed by atoms with van der Waals surface area (Å²) < 4.78 is 20.3. The first-order valence-electron chi connectivity index (χ1n) is 8.73. The van der Waals surface area contributed by atoms with Crippen LogP contribution in [0.4, 0.5) is 4.39 Å². The van der Waals surface area contributed by atoms with E-state index in [1.807, 2.05) is 42.8 Å². The lowest BCUT2D eigenvalue weighted by atomic mass is 10.1. The third-order valence-corrected chi connectivity index (χ3v) is 4.21. The Hall–Kier alpha value is -3.48. The maximum Gasteiger partial charge on any atom is 0.271 e. The molecule has 28 heavy (non-hydrogen) atoms. The third-order valence-electron chi connectivity index (χ3n) is 4.21. The summed E-state index contributed by atoms with van der Waals surface area (Å²) in [7, 11) is 1.62. The maximum absolute atomic E-state index is 12.9. The van der Waals surface area contributed by atoms with E-state index in [4.69, 9.17) is 4.74 Å². The van der Waals surface area contributed by atoms with Crippen LogP contribution in [-0.4, -0.2) is 29.0 Å². The molecule has 0 aliphatic carbocycles. The summed E-state index contributed by atoms with van der Waals surface area (Å²) in [5, 5.41) is 8.46. The van der Waals surface area contributed by atoms with Gasteiger partial charge in [0.1, 0.15) is 11.6 Å². The number of hydrogen-bond acceptors (Lipinski definition) is 4. The molecule has 1 aromatic heterocycles. The fraction of sp³-hybridized carbons (Fsp3) is 0.190. The molecule has 6 nitrogen and oxygen atoms in total. The Kier molecular flexibility index (Phi) is 5.84. The molecule has 3 aromatic rings. The molecule has 0 saturated carbocycles. The van der Waals surface area contributed by atoms with Gasteiger partial charge in [0.15, 0.2) is 0 Å². The zero-order valence-electron chi connectivity index (χ0n) is 15.9. The Morgan fingerprint density at radius 1 is 1.21 bits per heavy atom. The van der Waals surface area contributed by atoms with E-state index in [0.29, 0.717) is 12.1 Å². The van der Waals surface area contributed by atoms with E-state index in [9.17, 15) is 9.18 Å². The lowest BCUT2D eigenvalue weighted by Gasteiger charge is -2.11. The van der Waals surface area contributed by atoms with Crippen LogP contribution in [0.1, 0.15) is 32.9 Å². The number of aryl methyl sites for hydroxylation is 2. The van der Waals surface area contributed by atoms with Gasteiger partial charge in [-0.1, -0.05) is 0 Å². The van der Waals surface area contributed by atoms with Gasteiger partial charge in [0.25, 0.3) is 5.91 Å². The quantitative estimate of drug-likeness (QED) is 0.526. The van der Waals surface area contributed by atoms with Gasteiger partial charge in [0.05, 0.1) is 25.6 Å². The Morgan fingerprint density at radius 3 is 2.61 bits per heavy atom. The summed E-state index contributed by atoms with van der Waals surface area (Å²) in [5.41, 5.74) is 6.53. The second-order valence-electron chi connectivity index (χ2n) is 6.36. The third kappa shape index (κ3) is 4.62. The van der Waals surface area contributed by atoms with Gasteiger partial charge in [0.2, 0.25) is 0 Å². The van der Waals surface area contributed by atoms with Crippen molar-refractivity contribution in [3.05, 3.63) is 82.4 Å². The monoisotopic (exact) mass is 380 g/mol. The largest absolute Gasteiger partial charge is 0.496 e. The molecule has 0 saturated heterocycles. The number of rotatable bonds is 6. The number of benzene rings is 2. The molecule has 0 bridgehead atoms. The van der Waals surface area contributed by atoms with E-state index in [1.54, 1.807) is 13.3 Å². The molecule has 0 atom stereocenters. The number of carbonyl (C=O) groups is 1. The topological polar surface area (TPSA) is 68.5 Å². The van der Waals surface area contributed by atoms with Crippen molar-refractivity contribution in [1.29, 1.82) is 0 Å². The molecule has 1 N–H and O–H groups in total. The van der Waals surface area contributed by atoms with E-state index in [2.05, 4.69) is 15.6 Å². The Balaban J connectivity index is 1.73. The molecule has 0 aliphatic heterocycles. The molecule has 0 aliphatic rings. The van der Waals surface area contributed by atoms with Crippen LogP contribution in [0.25, 0.3) is 0 Å². The highest BCUT2D eigenvalue weighted by atomic mass is 19.1. The van der Waals surface area contributed by atoms with E-state index < -0.39 is 11.7 Å². The predicted octanol–water partition coefficient (Wildman–Crippen LogP) is 3.46. The molecule has 0 radical (unpaired) electrons. The first kappa shape index (κ1) is 19.3. The fourth-order valence-electron chi connectivity index (χ4n) is 2.83. The minimum atomic E-state index is -0.410. The number of aromatic nitrogens is 2. The van der Waals surface area contributed by atoms with Crippen LogP contribution in [0.5, 0.6) is 5.75 Å². The SMILES string of the molecule is COc1ccc(/C=N\NC(=O)c2ccc(F)cc2)cc1Cn1nc(C)cc1C. The summed E-state index contributed by atoms with van der Waals surface area (Å²) in [6.45, 7) is 4.52. The first-order chi connectivity index (χ1) is 13.5. The number of halogens is 1. The number of carbonyl (C=O) groups excluding carboxylic acids is 1. The van der Waals surface area contributed by atoms with Crippen LogP contribution in [0.2, 0.25) is 0 Å². The van der Waals surface area contributed by atoms with Crippen molar-refractivity contribution in [2.45, 2.75) is 20.4 Å². The predicted molar refractivity (Wildman–Crippen MR) is 105 cm³/mol. The highest BCUT2D eigenvalue weighted by molar-refractivity contribution is 5.94. The van der Waals surface area contributed by atoms with Gasteiger partial charge >= 0.3 is 0 Å². The summed E-state index contributed by atoms with van der Waals surface area (Å²) in [6.07, 6.45) is 1.55. The van der Waals surface area contributed by atoms with Crippen LogP contribution < -0.4 is 10.2 Å². The Labute approximate surface area is 162 Å². The average molecular weight is 380 g/mol. The molecule has 144 valence electrons. The molecule has 1 amide bonds. The van der Waals surface area contributed by atoms with E-state index in [-0.39, 0.29) is 0 Å². The summed E-state index contributed by atoms with van der Waals surface area (Å²) in [6, 6.07) is 12.9. The van der Waals surface area contributed by atoms with Crippen LogP contribution >= 0.6 is 0 Å². The average Bonchev–Trinajstić information content (AvgIpc) is 2.99. The molecule has 7 heteroatoms. The summed E-state index contributed by atoms with van der Waals surface area (Å²) in [4.78, 5) is 12.0. The van der Waals surface area contributed by atoms with Crippen molar-refractivity contribution >= 4 is 12.1 Å². The van der Waals surface area contributed by atoms with E-state index in [1.165, 1.54) is 24.3 Å². The normalized spacial score (nSPS) is 11.0. The van der Waals surface area contributed by atoms with Crippen molar-refractivity contribution in [2.75, 3.05) is 7.11 Å². The zero-order valence-corrected chi connectivity index (χ0v) is 15.9. The van der Waals surface area contributed by atoms with Crippen molar-refractivity contribution in [3.63, 3.8) is 0 Å². The number of amides is 1. The number of nitrogens with zero attached hydrogens (tertiary/aromatic N) is 3. The second kappa shape index (κ2) is 8.47. The number of methoxy groups -OCH3 is 1. The van der Waals surface area contributed by atoms with Gasteiger partial charge in [-0.3, -0.25) is 9.48 Å². The lowest BCUT2D eigenvalue weighted by molar-refractivity contribution is 0.0955. The minimum absolute atomic E-state index is 0.332. The number of nitrogens with one attached hydrogen (secondary N) is 1. The standard InChI is InChI=1S/C21H21FN4O2/c1-14-10-15(2)26(25-14)13-18-11-16(4-9-20(18)28-3)12-23-24-21(27)17-5-7-19(22)8-6-17/h4-12H,13H2,1-3H3,(H,24,27)/b23-12-. The highest BCUT2D eigenvalue weighted by Gasteiger charge is 2.08. The van der Waals surface area contributed by atoms with Crippen molar-refractivity contribution < 1.29 is 13.9 Å². The van der Waals surface area contributed by atoms with Crippen molar-refractivity contribution in [3.8, 4) is 5.75 Å². The number of ether oxygens (including phenoxy) is 1. The van der Waals surface area contributed by atoms with Gasteiger partial charge in [0, 0.05) is 16.8 Å². The van der Waals surface area contributed by atoms with E-state index in [0.717, 1.165) is 28.3 Å². The Bertz CT molecular complexity index is 1010. The second-order valence-corrected chi connectivity index (χ2v) is 6.36. The van der Waals surface area contributed by atoms with Crippen molar-refractivity contribution in [2.24, 2.45) is 5.10 Å². The van der Waals surface area contributed by atoms with Crippen LogP contribution in [0, 0.1) is 19.7 Å². The zero-order chi connectivity index (χ0) is 20.1. The molecule has 3 rings (SSSR count). The minimum Gasteiger partial charge on any atom is -0.496 e. The fourth-order valence-corrected chi connectivity index (χ4v) is 2.83. The van der Waals surface area contributed by atoms with Crippen LogP contribution in [0.3, 0.4) is 0 Å². The number of hydrogen-bond donors (Lipinski definition) is 1. The highest BCUT2D eigenvalue weighted by Crippen LogP contribution is 2.21. The lowest BCUT2D eigenvalue weighted by Crippen LogP contribution is -2.17. The smallest absolute Gasteiger partial charge is 0.271 e. The summed E-state index contributed by atoms with van der Waals surface area (Å²) >= 11 is 0. The van der Waals surface area contributed by atoms with Crippen molar-refractivity contribution in [1.82, 2.24) is 15.2 Å². The van der Waals surface area contributed by atoms with Gasteiger partial charge in [-0.25, -0.2) is 9.82 Å². The molecule has 1 heterocycles. The van der Waals surface area contributed by atoms with Gasteiger partial charge in [-0.2, -0.15) is 10.2 Å². The molecule has 2 aromatic carbocycles. The molecule has 0 fully saturated rings. The van der Waals surface area contributed by atoms with Gasteiger partial charge < -0.3 is 4.74 Å².